The zero-order chi connectivity index (χ0) is 14.5. The van der Waals surface area contributed by atoms with Gasteiger partial charge in [0, 0.05) is 0 Å². The number of hydrogen-bond donors (Lipinski definition) is 3. The maximum Gasteiger partial charge on any atom is 0.319 e. The fraction of sp³-hybridized carbons (Fsp3) is 0.500. The Hall–Kier alpha value is -1.62. The second-order valence-corrected chi connectivity index (χ2v) is 4.71. The third-order valence-corrected chi connectivity index (χ3v) is 3.41. The van der Waals surface area contributed by atoms with Gasteiger partial charge >= 0.3 is 6.03 Å². The van der Waals surface area contributed by atoms with Crippen LogP contribution in [0.5, 0.6) is 0 Å². The molecule has 0 aromatic heterocycles. The Bertz CT molecular complexity index is 437. The van der Waals surface area contributed by atoms with E-state index in [0.29, 0.717) is 12.8 Å². The molecule has 0 heterocycles. The van der Waals surface area contributed by atoms with E-state index in [4.69, 9.17) is 0 Å². The number of anilines is 1. The summed E-state index contributed by atoms with van der Waals surface area (Å²) in [6.07, 6.45) is 1.20. The second kappa shape index (κ2) is 6.52. The minimum atomic E-state index is -0.661. The van der Waals surface area contributed by atoms with Gasteiger partial charge < -0.3 is 15.7 Å². The Morgan fingerprint density at radius 2 is 2.00 bits per heavy atom. The SMILES string of the molecule is CCC(CC)(CO)NC(=O)Nc1ccc(C)cc1F. The number of hydrogen-bond acceptors (Lipinski definition) is 2. The van der Waals surface area contributed by atoms with Crippen molar-refractivity contribution in [3.8, 4) is 0 Å². The highest BCUT2D eigenvalue weighted by Crippen LogP contribution is 2.17. The van der Waals surface area contributed by atoms with Crippen LogP contribution < -0.4 is 10.6 Å². The molecule has 0 saturated carbocycles. The van der Waals surface area contributed by atoms with Crippen molar-refractivity contribution in [1.29, 1.82) is 0 Å². The Balaban J connectivity index is 2.74. The molecule has 0 saturated heterocycles. The molecule has 0 aliphatic heterocycles. The average molecular weight is 268 g/mol. The van der Waals surface area contributed by atoms with Crippen LogP contribution in [0.4, 0.5) is 14.9 Å². The number of benzene rings is 1. The molecule has 5 heteroatoms. The predicted octanol–water partition coefficient (Wildman–Crippen LogP) is 2.81. The highest BCUT2D eigenvalue weighted by molar-refractivity contribution is 5.89. The molecule has 1 aromatic rings. The molecule has 1 aromatic carbocycles. The highest BCUT2D eigenvalue weighted by atomic mass is 19.1. The van der Waals surface area contributed by atoms with Crippen molar-refractivity contribution in [2.45, 2.75) is 39.2 Å². The van der Waals surface area contributed by atoms with Gasteiger partial charge in [0.1, 0.15) is 5.82 Å². The van der Waals surface area contributed by atoms with Gasteiger partial charge in [-0.25, -0.2) is 9.18 Å². The molecule has 0 atom stereocenters. The van der Waals surface area contributed by atoms with Crippen LogP contribution in [0.15, 0.2) is 18.2 Å². The van der Waals surface area contributed by atoms with E-state index in [1.54, 1.807) is 13.0 Å². The summed E-state index contributed by atoms with van der Waals surface area (Å²) in [4.78, 5) is 11.8. The summed E-state index contributed by atoms with van der Waals surface area (Å²) >= 11 is 0. The van der Waals surface area contributed by atoms with Crippen LogP contribution in [-0.2, 0) is 0 Å². The van der Waals surface area contributed by atoms with Gasteiger partial charge in [-0.2, -0.15) is 0 Å². The lowest BCUT2D eigenvalue weighted by molar-refractivity contribution is 0.155. The van der Waals surface area contributed by atoms with Gasteiger partial charge in [0.05, 0.1) is 17.8 Å². The van der Waals surface area contributed by atoms with E-state index in [2.05, 4.69) is 10.6 Å². The zero-order valence-electron chi connectivity index (χ0n) is 11.6. The highest BCUT2D eigenvalue weighted by Gasteiger charge is 2.27. The van der Waals surface area contributed by atoms with E-state index in [1.807, 2.05) is 13.8 Å². The number of carbonyl (C=O) groups is 1. The van der Waals surface area contributed by atoms with E-state index in [1.165, 1.54) is 12.1 Å². The van der Waals surface area contributed by atoms with Crippen LogP contribution in [0.25, 0.3) is 0 Å². The molecule has 0 bridgehead atoms. The maximum absolute atomic E-state index is 13.6. The van der Waals surface area contributed by atoms with Gasteiger partial charge in [-0.3, -0.25) is 0 Å². The summed E-state index contributed by atoms with van der Waals surface area (Å²) in [6.45, 7) is 5.39. The lowest BCUT2D eigenvalue weighted by Gasteiger charge is -2.30. The summed E-state index contributed by atoms with van der Waals surface area (Å²) < 4.78 is 13.6. The third kappa shape index (κ3) is 3.92. The van der Waals surface area contributed by atoms with Crippen LogP contribution in [0.3, 0.4) is 0 Å². The van der Waals surface area contributed by atoms with Crippen molar-refractivity contribution in [3.63, 3.8) is 0 Å². The van der Waals surface area contributed by atoms with Crippen molar-refractivity contribution < 1.29 is 14.3 Å². The maximum atomic E-state index is 13.6. The molecule has 4 nitrogen and oxygen atoms in total. The number of halogens is 1. The lowest BCUT2D eigenvalue weighted by Crippen LogP contribution is -2.52. The van der Waals surface area contributed by atoms with Gasteiger partial charge in [-0.15, -0.1) is 0 Å². The Morgan fingerprint density at radius 3 is 2.47 bits per heavy atom. The second-order valence-electron chi connectivity index (χ2n) is 4.71. The Labute approximate surface area is 113 Å². The lowest BCUT2D eigenvalue weighted by atomic mass is 9.94. The van der Waals surface area contributed by atoms with E-state index in [0.717, 1.165) is 5.56 Å². The molecule has 0 aliphatic carbocycles. The molecule has 0 spiro atoms. The predicted molar refractivity (Wildman–Crippen MR) is 73.7 cm³/mol. The quantitative estimate of drug-likeness (QED) is 0.769. The summed E-state index contributed by atoms with van der Waals surface area (Å²) in [5, 5.41) is 14.5. The van der Waals surface area contributed by atoms with Crippen molar-refractivity contribution in [2.75, 3.05) is 11.9 Å². The van der Waals surface area contributed by atoms with Gasteiger partial charge in [0.15, 0.2) is 0 Å². The Kier molecular flexibility index (Phi) is 5.30. The first-order valence-corrected chi connectivity index (χ1v) is 6.42. The molecular weight excluding hydrogens is 247 g/mol. The van der Waals surface area contributed by atoms with E-state index < -0.39 is 17.4 Å². The van der Waals surface area contributed by atoms with Gasteiger partial charge in [-0.1, -0.05) is 19.9 Å². The monoisotopic (exact) mass is 268 g/mol. The van der Waals surface area contributed by atoms with Crippen LogP contribution in [0, 0.1) is 12.7 Å². The molecule has 0 aliphatic rings. The van der Waals surface area contributed by atoms with E-state index >= 15 is 0 Å². The number of amides is 2. The van der Waals surface area contributed by atoms with Crippen LogP contribution >= 0.6 is 0 Å². The number of aryl methyl sites for hydroxylation is 1. The van der Waals surface area contributed by atoms with Crippen molar-refractivity contribution >= 4 is 11.7 Å². The molecule has 0 unspecified atom stereocenters. The van der Waals surface area contributed by atoms with E-state index in [9.17, 15) is 14.3 Å². The molecule has 3 N–H and O–H groups in total. The summed E-state index contributed by atoms with van der Waals surface area (Å²) in [7, 11) is 0. The molecule has 2 amide bonds. The minimum Gasteiger partial charge on any atom is -0.394 e. The van der Waals surface area contributed by atoms with E-state index in [-0.39, 0.29) is 12.3 Å². The summed E-state index contributed by atoms with van der Waals surface area (Å²) in [5.74, 6) is -0.474. The molecule has 19 heavy (non-hydrogen) atoms. The number of aliphatic hydroxyl groups is 1. The number of urea groups is 1. The molecule has 106 valence electrons. The summed E-state index contributed by atoms with van der Waals surface area (Å²) in [6, 6.07) is 4.08. The largest absolute Gasteiger partial charge is 0.394 e. The first-order valence-electron chi connectivity index (χ1n) is 6.42. The fourth-order valence-corrected chi connectivity index (χ4v) is 1.81. The standard InChI is InChI=1S/C14H21FN2O2/c1-4-14(5-2,9-18)17-13(19)16-12-7-6-10(3)8-11(12)15/h6-8,18H,4-5,9H2,1-3H3,(H2,16,17,19). The number of aliphatic hydroxyl groups excluding tert-OH is 1. The normalized spacial score (nSPS) is 11.2. The third-order valence-electron chi connectivity index (χ3n) is 3.41. The molecule has 0 radical (unpaired) electrons. The number of carbonyl (C=O) groups excluding carboxylic acids is 1. The smallest absolute Gasteiger partial charge is 0.319 e. The number of rotatable bonds is 5. The minimum absolute atomic E-state index is 0.127. The first-order chi connectivity index (χ1) is 8.96. The van der Waals surface area contributed by atoms with Crippen molar-refractivity contribution in [2.24, 2.45) is 0 Å². The van der Waals surface area contributed by atoms with Gasteiger partial charge in [-0.05, 0) is 37.5 Å². The average Bonchev–Trinajstić information content (AvgIpc) is 2.39. The van der Waals surface area contributed by atoms with Crippen molar-refractivity contribution in [1.82, 2.24) is 5.32 Å². The van der Waals surface area contributed by atoms with Crippen molar-refractivity contribution in [3.05, 3.63) is 29.6 Å². The zero-order valence-corrected chi connectivity index (χ0v) is 11.6. The number of nitrogens with one attached hydrogen (secondary N) is 2. The molecule has 0 fully saturated rings. The van der Waals surface area contributed by atoms with Crippen LogP contribution in [0.2, 0.25) is 0 Å². The first kappa shape index (κ1) is 15.4. The van der Waals surface area contributed by atoms with Crippen LogP contribution in [-0.4, -0.2) is 23.3 Å². The summed E-state index contributed by atoms with van der Waals surface area (Å²) in [5.41, 5.74) is 0.253. The van der Waals surface area contributed by atoms with Gasteiger partial charge in [0.25, 0.3) is 0 Å². The molecule has 1 rings (SSSR count). The topological polar surface area (TPSA) is 61.4 Å². The van der Waals surface area contributed by atoms with Gasteiger partial charge in [0.2, 0.25) is 0 Å². The van der Waals surface area contributed by atoms with Crippen LogP contribution in [0.1, 0.15) is 32.3 Å². The Morgan fingerprint density at radius 1 is 1.37 bits per heavy atom. The molecular formula is C14H21FN2O2. The fourth-order valence-electron chi connectivity index (χ4n) is 1.81.